The first-order chi connectivity index (χ1) is 17.9. The van der Waals surface area contributed by atoms with Crippen molar-refractivity contribution in [2.75, 3.05) is 17.2 Å². The van der Waals surface area contributed by atoms with Gasteiger partial charge in [0.25, 0.3) is 0 Å². The first-order valence-electron chi connectivity index (χ1n) is 11.2. The van der Waals surface area contributed by atoms with E-state index >= 15 is 0 Å². The topological polar surface area (TPSA) is 123 Å². The van der Waals surface area contributed by atoms with Gasteiger partial charge in [-0.2, -0.15) is 5.26 Å². The maximum Gasteiger partial charge on any atom is 0.417 e. The molecule has 0 aliphatic carbocycles. The highest BCUT2D eigenvalue weighted by Gasteiger charge is 2.17. The first kappa shape index (κ1) is 25.3. The number of amides is 2. The third-order valence-corrected chi connectivity index (χ3v) is 5.31. The van der Waals surface area contributed by atoms with E-state index in [0.717, 1.165) is 0 Å². The Labute approximate surface area is 217 Å². The molecule has 0 spiro atoms. The molecule has 10 heteroatoms. The zero-order valence-electron chi connectivity index (χ0n) is 19.9. The van der Waals surface area contributed by atoms with E-state index in [1.807, 2.05) is 13.0 Å². The van der Waals surface area contributed by atoms with Crippen LogP contribution in [0.2, 0.25) is 5.02 Å². The average molecular weight is 517 g/mol. The number of benzene rings is 3. The van der Waals surface area contributed by atoms with Crippen molar-refractivity contribution in [3.05, 3.63) is 77.4 Å². The number of ether oxygens (including phenoxy) is 3. The Hall–Kier alpha value is -4.81. The summed E-state index contributed by atoms with van der Waals surface area (Å²) in [6.07, 6.45) is 0.687. The van der Waals surface area contributed by atoms with Crippen molar-refractivity contribution in [2.24, 2.45) is 0 Å². The Morgan fingerprint density at radius 3 is 2.49 bits per heavy atom. The van der Waals surface area contributed by atoms with Crippen LogP contribution in [0.5, 0.6) is 23.0 Å². The molecule has 4 aromatic rings. The molecule has 3 aromatic carbocycles. The molecule has 1 aromatic heterocycles. The van der Waals surface area contributed by atoms with Crippen molar-refractivity contribution in [1.29, 1.82) is 5.26 Å². The van der Waals surface area contributed by atoms with Crippen molar-refractivity contribution in [3.63, 3.8) is 0 Å². The summed E-state index contributed by atoms with van der Waals surface area (Å²) in [6.45, 7) is 3.59. The minimum absolute atomic E-state index is 0.176. The lowest BCUT2D eigenvalue weighted by molar-refractivity contribution is -0.114. The average Bonchev–Trinajstić information content (AvgIpc) is 2.87. The predicted octanol–water partition coefficient (Wildman–Crippen LogP) is 6.52. The maximum absolute atomic E-state index is 12.2. The van der Waals surface area contributed by atoms with E-state index in [1.165, 1.54) is 19.2 Å². The molecule has 2 amide bonds. The van der Waals surface area contributed by atoms with Crippen LogP contribution in [-0.2, 0) is 4.79 Å². The van der Waals surface area contributed by atoms with Gasteiger partial charge in [-0.05, 0) is 37.3 Å². The fraction of sp³-hybridized carbons (Fsp3) is 0.111. The Balaban J connectivity index is 1.64. The van der Waals surface area contributed by atoms with E-state index < -0.39 is 6.09 Å². The second-order valence-corrected chi connectivity index (χ2v) is 8.07. The molecule has 0 saturated heterocycles. The molecule has 0 saturated carbocycles. The van der Waals surface area contributed by atoms with Crippen LogP contribution < -0.4 is 24.8 Å². The highest BCUT2D eigenvalue weighted by Crippen LogP contribution is 2.39. The van der Waals surface area contributed by atoms with E-state index in [1.54, 1.807) is 48.5 Å². The van der Waals surface area contributed by atoms with Gasteiger partial charge in [-0.25, -0.2) is 4.79 Å². The molecule has 0 aliphatic heterocycles. The number of nitriles is 1. The van der Waals surface area contributed by atoms with Gasteiger partial charge in [-0.1, -0.05) is 29.8 Å². The predicted molar refractivity (Wildman–Crippen MR) is 140 cm³/mol. The number of carbonyl (C=O) groups excluding carboxylic acids is 2. The van der Waals surface area contributed by atoms with Crippen LogP contribution in [0.4, 0.5) is 16.2 Å². The summed E-state index contributed by atoms with van der Waals surface area (Å²) < 4.78 is 16.9. The van der Waals surface area contributed by atoms with Gasteiger partial charge in [0.15, 0.2) is 5.75 Å². The summed E-state index contributed by atoms with van der Waals surface area (Å²) in [4.78, 5) is 28.3. The number of rotatable bonds is 7. The van der Waals surface area contributed by atoms with Crippen molar-refractivity contribution < 1.29 is 23.8 Å². The molecule has 0 bridgehead atoms. The molecule has 0 aliphatic rings. The van der Waals surface area contributed by atoms with Gasteiger partial charge >= 0.3 is 6.09 Å². The Bertz CT molecular complexity index is 1520. The Morgan fingerprint density at radius 1 is 1.03 bits per heavy atom. The quantitative estimate of drug-likeness (QED) is 0.286. The molecule has 186 valence electrons. The van der Waals surface area contributed by atoms with Crippen molar-refractivity contribution in [2.45, 2.75) is 13.8 Å². The molecule has 4 rings (SSSR count). The molecule has 2 N–H and O–H groups in total. The van der Waals surface area contributed by atoms with Crippen LogP contribution in [0.25, 0.3) is 10.9 Å². The lowest BCUT2D eigenvalue weighted by Crippen LogP contribution is -2.16. The molecular formula is C27H21ClN4O5. The zero-order chi connectivity index (χ0) is 26.4. The van der Waals surface area contributed by atoms with Gasteiger partial charge in [0.1, 0.15) is 28.9 Å². The van der Waals surface area contributed by atoms with Crippen molar-refractivity contribution in [1.82, 2.24) is 4.98 Å². The van der Waals surface area contributed by atoms with E-state index in [0.29, 0.717) is 46.1 Å². The lowest BCUT2D eigenvalue weighted by atomic mass is 10.1. The van der Waals surface area contributed by atoms with Crippen LogP contribution in [0.15, 0.2) is 66.9 Å². The lowest BCUT2D eigenvalue weighted by Gasteiger charge is -2.15. The van der Waals surface area contributed by atoms with Crippen LogP contribution in [0.1, 0.15) is 19.4 Å². The van der Waals surface area contributed by atoms with Gasteiger partial charge in [0.2, 0.25) is 5.91 Å². The monoisotopic (exact) mass is 516 g/mol. The van der Waals surface area contributed by atoms with Gasteiger partial charge in [-0.15, -0.1) is 0 Å². The Kier molecular flexibility index (Phi) is 7.71. The molecule has 9 nitrogen and oxygen atoms in total. The smallest absolute Gasteiger partial charge is 0.417 e. The fourth-order valence-electron chi connectivity index (χ4n) is 3.46. The third-order valence-electron chi connectivity index (χ3n) is 5.00. The summed E-state index contributed by atoms with van der Waals surface area (Å²) in [6, 6.07) is 18.6. The number of anilines is 2. The number of pyridine rings is 1. The summed E-state index contributed by atoms with van der Waals surface area (Å²) in [5.41, 5.74) is 1.40. The summed E-state index contributed by atoms with van der Waals surface area (Å²) in [5.74, 6) is 1.08. The van der Waals surface area contributed by atoms with Crippen molar-refractivity contribution >= 4 is 45.9 Å². The zero-order valence-corrected chi connectivity index (χ0v) is 20.6. The van der Waals surface area contributed by atoms with Gasteiger partial charge in [0, 0.05) is 30.6 Å². The number of carbonyl (C=O) groups is 2. The number of fused-ring (bicyclic) bond motifs is 1. The third kappa shape index (κ3) is 6.07. The van der Waals surface area contributed by atoms with Gasteiger partial charge in [-0.3, -0.25) is 15.1 Å². The molecule has 0 fully saturated rings. The normalized spacial score (nSPS) is 10.3. The molecule has 1 heterocycles. The second kappa shape index (κ2) is 11.3. The number of halogens is 1. The largest absolute Gasteiger partial charge is 0.492 e. The van der Waals surface area contributed by atoms with Gasteiger partial charge in [0.05, 0.1) is 28.5 Å². The molecule has 0 atom stereocenters. The number of nitrogens with one attached hydrogen (secondary N) is 2. The maximum atomic E-state index is 12.2. The summed E-state index contributed by atoms with van der Waals surface area (Å²) in [5, 5.41) is 15.7. The second-order valence-electron chi connectivity index (χ2n) is 7.66. The molecular weight excluding hydrogens is 496 g/mol. The highest BCUT2D eigenvalue weighted by molar-refractivity contribution is 6.33. The minimum Gasteiger partial charge on any atom is -0.492 e. The SMILES string of the molecule is CCOc1cc2ncc(C#N)c(Oc3ccc(NC(=O)Oc4ccccc4)c(Cl)c3)c2cc1NC(C)=O. The standard InChI is InChI=1S/C27H21ClN4O5/c1-3-35-25-13-23-20(12-24(25)31-16(2)33)26(17(14-29)15-30-23)36-19-9-10-22(21(28)11-19)32-27(34)37-18-7-5-4-6-8-18/h4-13,15H,3H2,1-2H3,(H,31,33)(H,32,34). The van der Waals surface area contributed by atoms with Crippen LogP contribution in [0.3, 0.4) is 0 Å². The van der Waals surface area contributed by atoms with Crippen molar-refractivity contribution in [3.8, 4) is 29.1 Å². The number of hydrogen-bond donors (Lipinski definition) is 2. The molecule has 37 heavy (non-hydrogen) atoms. The van der Waals surface area contributed by atoms with E-state index in [4.69, 9.17) is 25.8 Å². The van der Waals surface area contributed by atoms with Crippen LogP contribution in [0, 0.1) is 11.3 Å². The number of nitrogens with zero attached hydrogens (tertiary/aromatic N) is 2. The minimum atomic E-state index is -0.704. The molecule has 0 unspecified atom stereocenters. The summed E-state index contributed by atoms with van der Waals surface area (Å²) >= 11 is 6.38. The number of para-hydroxylation sites is 1. The van der Waals surface area contributed by atoms with Crippen LogP contribution >= 0.6 is 11.6 Å². The van der Waals surface area contributed by atoms with E-state index in [-0.39, 0.29) is 22.2 Å². The highest BCUT2D eigenvalue weighted by atomic mass is 35.5. The van der Waals surface area contributed by atoms with E-state index in [2.05, 4.69) is 21.7 Å². The van der Waals surface area contributed by atoms with E-state index in [9.17, 15) is 14.9 Å². The number of aromatic nitrogens is 1. The number of hydrogen-bond acceptors (Lipinski definition) is 7. The van der Waals surface area contributed by atoms with Crippen LogP contribution in [-0.4, -0.2) is 23.6 Å². The Morgan fingerprint density at radius 2 is 1.81 bits per heavy atom. The first-order valence-corrected chi connectivity index (χ1v) is 11.5. The van der Waals surface area contributed by atoms with Gasteiger partial charge < -0.3 is 19.5 Å². The summed E-state index contributed by atoms with van der Waals surface area (Å²) in [7, 11) is 0. The molecule has 0 radical (unpaired) electrons. The fourth-order valence-corrected chi connectivity index (χ4v) is 3.67.